The van der Waals surface area contributed by atoms with Gasteiger partial charge in [-0.1, -0.05) is 60.0 Å². The van der Waals surface area contributed by atoms with Crippen molar-refractivity contribution >= 4 is 37.4 Å². The van der Waals surface area contributed by atoms with Gasteiger partial charge in [0.25, 0.3) is 0 Å². The second-order valence-corrected chi connectivity index (χ2v) is 13.2. The summed E-state index contributed by atoms with van der Waals surface area (Å²) in [7, 11) is -7.24. The van der Waals surface area contributed by atoms with Crippen molar-refractivity contribution < 1.29 is 38.1 Å². The fraction of sp³-hybridized carbons (Fsp3) is 0.333. The van der Waals surface area contributed by atoms with E-state index in [1.165, 1.54) is 0 Å². The summed E-state index contributed by atoms with van der Waals surface area (Å²) in [6.07, 6.45) is -0.470. The molecule has 0 unspecified atom stereocenters. The Balaban J connectivity index is 2.01. The lowest BCUT2D eigenvalue weighted by atomic mass is 9.89. The van der Waals surface area contributed by atoms with Crippen LogP contribution >= 0.6 is 15.9 Å². The molecule has 0 atom stereocenters. The summed E-state index contributed by atoms with van der Waals surface area (Å²) in [5.41, 5.74) is 0.834. The van der Waals surface area contributed by atoms with Crippen molar-refractivity contribution in [3.8, 4) is 22.6 Å². The van der Waals surface area contributed by atoms with Crippen molar-refractivity contribution in [1.82, 2.24) is 0 Å². The van der Waals surface area contributed by atoms with Gasteiger partial charge in [-0.3, -0.25) is 0 Å². The minimum atomic E-state index is -3.62. The van der Waals surface area contributed by atoms with Crippen LogP contribution in [0.3, 0.4) is 0 Å². The van der Waals surface area contributed by atoms with E-state index < -0.39 is 27.4 Å². The minimum absolute atomic E-state index is 0.156. The SMILES string of the molecule is CCO[P+]([O-])(Cc1cc2ccccc2c(-c2c([O-])c(C[P+]([O-])(OCC)OCC)cc3ccccc23)c1[O-])OCC. The molecular formula is C30H34O8P2-2. The molecule has 0 saturated heterocycles. The van der Waals surface area contributed by atoms with Crippen LogP contribution in [0.1, 0.15) is 38.8 Å². The van der Waals surface area contributed by atoms with Crippen LogP contribution in [0.2, 0.25) is 0 Å². The van der Waals surface area contributed by atoms with Gasteiger partial charge in [0.15, 0.2) is 0 Å². The molecule has 0 aliphatic rings. The van der Waals surface area contributed by atoms with Crippen LogP contribution in [0.5, 0.6) is 11.5 Å². The van der Waals surface area contributed by atoms with Crippen molar-refractivity contribution in [1.29, 1.82) is 0 Å². The lowest BCUT2D eigenvalue weighted by molar-refractivity contribution is -0.272. The zero-order valence-corrected chi connectivity index (χ0v) is 25.0. The Kier molecular flexibility index (Phi) is 9.99. The lowest BCUT2D eigenvalue weighted by Crippen LogP contribution is -2.19. The summed E-state index contributed by atoms with van der Waals surface area (Å²) < 4.78 is 21.9. The highest BCUT2D eigenvalue weighted by Gasteiger charge is 2.32. The second kappa shape index (κ2) is 13.1. The van der Waals surface area contributed by atoms with Gasteiger partial charge in [0.05, 0.1) is 26.4 Å². The van der Waals surface area contributed by atoms with E-state index in [1.54, 1.807) is 64.1 Å². The maximum absolute atomic E-state index is 14.2. The van der Waals surface area contributed by atoms with E-state index in [9.17, 15) is 20.0 Å². The maximum Gasteiger partial charge on any atom is 0.242 e. The Morgan fingerprint density at radius 1 is 0.550 bits per heavy atom. The molecule has 0 aromatic heterocycles. The van der Waals surface area contributed by atoms with Crippen LogP contribution in [0, 0.1) is 0 Å². The van der Waals surface area contributed by atoms with Crippen molar-refractivity contribution in [3.05, 3.63) is 71.8 Å². The predicted molar refractivity (Wildman–Crippen MR) is 154 cm³/mol. The van der Waals surface area contributed by atoms with Crippen LogP contribution in [0.25, 0.3) is 32.7 Å². The lowest BCUT2D eigenvalue weighted by Gasteiger charge is -2.32. The normalized spacial score (nSPS) is 12.4. The summed E-state index contributed by atoms with van der Waals surface area (Å²) in [6.45, 7) is 7.46. The van der Waals surface area contributed by atoms with Crippen molar-refractivity contribution in [2.24, 2.45) is 0 Å². The van der Waals surface area contributed by atoms with Crippen molar-refractivity contribution in [2.75, 3.05) is 26.4 Å². The molecular weight excluding hydrogens is 550 g/mol. The van der Waals surface area contributed by atoms with Crippen LogP contribution in [-0.4, -0.2) is 26.4 Å². The first-order valence-corrected chi connectivity index (χ1v) is 16.8. The van der Waals surface area contributed by atoms with E-state index in [4.69, 9.17) is 18.1 Å². The van der Waals surface area contributed by atoms with E-state index in [0.29, 0.717) is 21.5 Å². The van der Waals surface area contributed by atoms with Gasteiger partial charge in [-0.15, -0.1) is 0 Å². The topological polar surface area (TPSA) is 129 Å². The molecule has 0 saturated carbocycles. The number of rotatable bonds is 13. The summed E-state index contributed by atoms with van der Waals surface area (Å²) in [6, 6.07) is 17.9. The van der Waals surface area contributed by atoms with Gasteiger partial charge in [0, 0.05) is 0 Å². The zero-order valence-electron chi connectivity index (χ0n) is 23.2. The average molecular weight is 585 g/mol. The van der Waals surface area contributed by atoms with Crippen molar-refractivity contribution in [2.45, 2.75) is 40.0 Å². The van der Waals surface area contributed by atoms with Gasteiger partial charge in [-0.05, 0) is 83.6 Å². The zero-order chi connectivity index (χ0) is 28.9. The Hall–Kier alpha value is -2.38. The van der Waals surface area contributed by atoms with Crippen LogP contribution in [0.4, 0.5) is 0 Å². The molecule has 0 aliphatic heterocycles. The van der Waals surface area contributed by atoms with Gasteiger partial charge < -0.3 is 20.0 Å². The van der Waals surface area contributed by atoms with Gasteiger partial charge in [-0.25, -0.2) is 18.1 Å². The smallest absolute Gasteiger partial charge is 0.242 e. The van der Waals surface area contributed by atoms with Gasteiger partial charge >= 0.3 is 0 Å². The fourth-order valence-corrected chi connectivity index (χ4v) is 8.36. The summed E-state index contributed by atoms with van der Waals surface area (Å²) in [5.74, 6) is -0.869. The largest absolute Gasteiger partial charge is 0.872 e. The van der Waals surface area contributed by atoms with Crippen molar-refractivity contribution in [3.63, 3.8) is 0 Å². The Bertz CT molecular complexity index is 1350. The Labute approximate surface area is 236 Å². The molecule has 0 aliphatic carbocycles. The number of fused-ring (bicyclic) bond motifs is 2. The molecule has 4 rings (SSSR count). The minimum Gasteiger partial charge on any atom is -0.872 e. The molecule has 0 N–H and O–H groups in total. The molecule has 0 bridgehead atoms. The fourth-order valence-electron chi connectivity index (χ4n) is 4.97. The predicted octanol–water partition coefficient (Wildman–Crippen LogP) is 5.20. The standard InChI is InChI=1S/C30H36O8P2/c1-5-35-39(33,36-6-2)19-23-17-21-13-9-11-15-25(21)27(29(23)31)28-26-16-12-10-14-22(26)18-24(30(28)32)20-40(34,37-7-3)38-8-4/h9-18,31-32H,5-8,19-20H2,1-4H3/p-2. The molecule has 0 fully saturated rings. The third kappa shape index (κ3) is 6.41. The van der Waals surface area contributed by atoms with E-state index in [1.807, 2.05) is 24.3 Å². The highest BCUT2D eigenvalue weighted by atomic mass is 31.2. The summed E-state index contributed by atoms with van der Waals surface area (Å²) >= 11 is 0. The summed E-state index contributed by atoms with van der Waals surface area (Å²) in [4.78, 5) is 26.9. The number of hydrogen-bond acceptors (Lipinski definition) is 8. The highest BCUT2D eigenvalue weighted by molar-refractivity contribution is 7.58. The molecule has 10 heteroatoms. The molecule has 0 heterocycles. The van der Waals surface area contributed by atoms with Crippen LogP contribution < -0.4 is 20.0 Å². The van der Waals surface area contributed by atoms with E-state index >= 15 is 0 Å². The maximum atomic E-state index is 14.2. The van der Waals surface area contributed by atoms with Gasteiger partial charge in [0.1, 0.15) is 12.3 Å². The molecule has 0 radical (unpaired) electrons. The molecule has 0 spiro atoms. The van der Waals surface area contributed by atoms with Crippen LogP contribution in [-0.2, 0) is 30.4 Å². The van der Waals surface area contributed by atoms with E-state index in [-0.39, 0.29) is 61.0 Å². The molecule has 4 aromatic rings. The first-order valence-electron chi connectivity index (χ1n) is 13.4. The van der Waals surface area contributed by atoms with Gasteiger partial charge in [0.2, 0.25) is 15.9 Å². The highest BCUT2D eigenvalue weighted by Crippen LogP contribution is 2.59. The summed E-state index contributed by atoms with van der Waals surface area (Å²) in [5, 5.41) is 31.0. The quantitative estimate of drug-likeness (QED) is 0.196. The Morgan fingerprint density at radius 3 is 1.20 bits per heavy atom. The average Bonchev–Trinajstić information content (AvgIpc) is 2.91. The van der Waals surface area contributed by atoms with E-state index in [0.717, 1.165) is 0 Å². The first kappa shape index (κ1) is 30.6. The molecule has 214 valence electrons. The second-order valence-electron chi connectivity index (χ2n) is 9.13. The molecule has 40 heavy (non-hydrogen) atoms. The van der Waals surface area contributed by atoms with Crippen LogP contribution in [0.15, 0.2) is 60.7 Å². The van der Waals surface area contributed by atoms with Gasteiger partial charge in [-0.2, -0.15) is 0 Å². The third-order valence-corrected chi connectivity index (χ3v) is 10.5. The number of hydrogen-bond donors (Lipinski definition) is 0. The monoisotopic (exact) mass is 584 g/mol. The first-order chi connectivity index (χ1) is 19.2. The molecule has 8 nitrogen and oxygen atoms in total. The number of benzene rings is 4. The third-order valence-electron chi connectivity index (χ3n) is 6.44. The molecule has 0 amide bonds. The molecule has 4 aromatic carbocycles. The Morgan fingerprint density at radius 2 is 0.875 bits per heavy atom. The van der Waals surface area contributed by atoms with E-state index in [2.05, 4.69) is 0 Å².